The van der Waals surface area contributed by atoms with Crippen molar-refractivity contribution in [3.63, 3.8) is 0 Å². The molecule has 0 radical (unpaired) electrons. The largest absolute Gasteiger partial charge is 0.497 e. The highest BCUT2D eigenvalue weighted by Gasteiger charge is 2.19. The molecule has 162 valence electrons. The fourth-order valence-electron chi connectivity index (χ4n) is 3.85. The Morgan fingerprint density at radius 1 is 0.500 bits per heavy atom. The monoisotopic (exact) mass is 426 g/mol. The molecule has 0 saturated heterocycles. The Morgan fingerprint density at radius 3 is 1.28 bits per heavy atom. The lowest BCUT2D eigenvalue weighted by Crippen LogP contribution is -2.02. The van der Waals surface area contributed by atoms with E-state index >= 15 is 0 Å². The minimum atomic E-state index is 0.640. The van der Waals surface area contributed by atoms with Gasteiger partial charge in [0.2, 0.25) is 0 Å². The average molecular weight is 427 g/mol. The van der Waals surface area contributed by atoms with Gasteiger partial charge in [-0.3, -0.25) is 0 Å². The molecule has 0 aliphatic carbocycles. The fourth-order valence-corrected chi connectivity index (χ4v) is 3.85. The quantitative estimate of drug-likeness (QED) is 0.377. The number of ether oxygens (including phenoxy) is 3. The first-order valence-corrected chi connectivity index (χ1v) is 10.2. The van der Waals surface area contributed by atoms with E-state index < -0.39 is 0 Å². The van der Waals surface area contributed by atoms with E-state index in [0.29, 0.717) is 11.4 Å². The third-order valence-electron chi connectivity index (χ3n) is 5.56. The van der Waals surface area contributed by atoms with Gasteiger partial charge in [-0.05, 0) is 59.2 Å². The number of rotatable bonds is 6. The SMILES string of the molecule is COc1ccc(-c2cc(N)c(-c3ccc(OC)cc3)c(-c3ccc(OC)cc3)c2N)cc1. The summed E-state index contributed by atoms with van der Waals surface area (Å²) in [7, 11) is 4.94. The van der Waals surface area contributed by atoms with Crippen molar-refractivity contribution >= 4 is 11.4 Å². The van der Waals surface area contributed by atoms with Gasteiger partial charge in [0.05, 0.1) is 21.3 Å². The van der Waals surface area contributed by atoms with E-state index in [1.807, 2.05) is 78.9 Å². The summed E-state index contributed by atoms with van der Waals surface area (Å²) in [5, 5.41) is 0. The van der Waals surface area contributed by atoms with Crippen LogP contribution in [0.5, 0.6) is 17.2 Å². The maximum absolute atomic E-state index is 6.81. The molecular formula is C27H26N2O3. The van der Waals surface area contributed by atoms with Crippen molar-refractivity contribution in [2.24, 2.45) is 0 Å². The summed E-state index contributed by atoms with van der Waals surface area (Å²) < 4.78 is 15.9. The lowest BCUT2D eigenvalue weighted by Gasteiger charge is -2.20. The van der Waals surface area contributed by atoms with E-state index in [4.69, 9.17) is 25.7 Å². The van der Waals surface area contributed by atoms with Gasteiger partial charge in [-0.15, -0.1) is 0 Å². The van der Waals surface area contributed by atoms with E-state index in [0.717, 1.165) is 50.6 Å². The molecule has 5 heteroatoms. The molecule has 4 N–H and O–H groups in total. The number of nitrogens with two attached hydrogens (primary N) is 2. The summed E-state index contributed by atoms with van der Waals surface area (Å²) in [4.78, 5) is 0. The lowest BCUT2D eigenvalue weighted by atomic mass is 9.87. The van der Waals surface area contributed by atoms with E-state index in [1.54, 1.807) is 21.3 Å². The second-order valence-corrected chi connectivity index (χ2v) is 7.36. The maximum atomic E-state index is 6.81. The van der Waals surface area contributed by atoms with Crippen LogP contribution in [0.2, 0.25) is 0 Å². The van der Waals surface area contributed by atoms with Crippen LogP contribution in [0.25, 0.3) is 33.4 Å². The summed E-state index contributed by atoms with van der Waals surface area (Å²) in [6.07, 6.45) is 0. The van der Waals surface area contributed by atoms with Crippen molar-refractivity contribution < 1.29 is 14.2 Å². The molecule has 0 aromatic heterocycles. The van der Waals surface area contributed by atoms with Gasteiger partial charge in [-0.2, -0.15) is 0 Å². The van der Waals surface area contributed by atoms with Crippen LogP contribution < -0.4 is 25.7 Å². The molecule has 4 rings (SSSR count). The molecular weight excluding hydrogens is 400 g/mol. The van der Waals surface area contributed by atoms with Crippen molar-refractivity contribution in [1.29, 1.82) is 0 Å². The van der Waals surface area contributed by atoms with Crippen LogP contribution >= 0.6 is 0 Å². The van der Waals surface area contributed by atoms with E-state index in [1.165, 1.54) is 0 Å². The Morgan fingerprint density at radius 2 is 0.875 bits per heavy atom. The molecule has 0 aliphatic heterocycles. The number of methoxy groups -OCH3 is 3. The van der Waals surface area contributed by atoms with Gasteiger partial charge in [0.25, 0.3) is 0 Å². The number of benzene rings is 4. The molecule has 5 nitrogen and oxygen atoms in total. The second-order valence-electron chi connectivity index (χ2n) is 7.36. The van der Waals surface area contributed by atoms with Crippen molar-refractivity contribution in [2.45, 2.75) is 0 Å². The zero-order valence-electron chi connectivity index (χ0n) is 18.4. The van der Waals surface area contributed by atoms with Crippen molar-refractivity contribution in [3.8, 4) is 50.6 Å². The average Bonchev–Trinajstić information content (AvgIpc) is 2.85. The van der Waals surface area contributed by atoms with Gasteiger partial charge in [0.15, 0.2) is 0 Å². The zero-order chi connectivity index (χ0) is 22.7. The highest BCUT2D eigenvalue weighted by molar-refractivity contribution is 6.03. The van der Waals surface area contributed by atoms with Gasteiger partial charge in [-0.25, -0.2) is 0 Å². The van der Waals surface area contributed by atoms with Gasteiger partial charge < -0.3 is 25.7 Å². The van der Waals surface area contributed by atoms with Crippen LogP contribution in [0, 0.1) is 0 Å². The molecule has 0 fully saturated rings. The number of hydrogen-bond donors (Lipinski definition) is 2. The molecule has 0 amide bonds. The van der Waals surface area contributed by atoms with E-state index in [-0.39, 0.29) is 0 Å². The van der Waals surface area contributed by atoms with Gasteiger partial charge in [-0.1, -0.05) is 36.4 Å². The van der Waals surface area contributed by atoms with E-state index in [2.05, 4.69) is 0 Å². The topological polar surface area (TPSA) is 79.7 Å². The smallest absolute Gasteiger partial charge is 0.118 e. The predicted molar refractivity (Wildman–Crippen MR) is 131 cm³/mol. The summed E-state index contributed by atoms with van der Waals surface area (Å²) >= 11 is 0. The molecule has 0 atom stereocenters. The predicted octanol–water partition coefficient (Wildman–Crippen LogP) is 5.88. The fraction of sp³-hybridized carbons (Fsp3) is 0.111. The Kier molecular flexibility index (Phi) is 5.90. The van der Waals surface area contributed by atoms with Crippen LogP contribution in [0.15, 0.2) is 78.9 Å². The van der Waals surface area contributed by atoms with Crippen LogP contribution in [0.3, 0.4) is 0 Å². The highest BCUT2D eigenvalue weighted by Crippen LogP contribution is 2.46. The highest BCUT2D eigenvalue weighted by atomic mass is 16.5. The number of nitrogen functional groups attached to an aromatic ring is 2. The Labute approximate surface area is 188 Å². The van der Waals surface area contributed by atoms with Crippen LogP contribution in [0.1, 0.15) is 0 Å². The van der Waals surface area contributed by atoms with Gasteiger partial charge >= 0.3 is 0 Å². The molecule has 0 saturated carbocycles. The lowest BCUT2D eigenvalue weighted by molar-refractivity contribution is 0.414. The Hall–Kier alpha value is -4.12. The first-order chi connectivity index (χ1) is 15.5. The zero-order valence-corrected chi connectivity index (χ0v) is 18.4. The summed E-state index contributed by atoms with van der Waals surface area (Å²) in [6, 6.07) is 25.4. The van der Waals surface area contributed by atoms with Crippen LogP contribution in [0.4, 0.5) is 11.4 Å². The summed E-state index contributed by atoms with van der Waals surface area (Å²) in [6.45, 7) is 0. The third-order valence-corrected chi connectivity index (χ3v) is 5.56. The molecule has 4 aromatic rings. The third kappa shape index (κ3) is 3.93. The van der Waals surface area contributed by atoms with Crippen LogP contribution in [-0.4, -0.2) is 21.3 Å². The van der Waals surface area contributed by atoms with Crippen molar-refractivity contribution in [2.75, 3.05) is 32.8 Å². The molecule has 0 spiro atoms. The van der Waals surface area contributed by atoms with E-state index in [9.17, 15) is 0 Å². The molecule has 0 unspecified atom stereocenters. The normalized spacial score (nSPS) is 10.6. The first-order valence-electron chi connectivity index (χ1n) is 10.2. The minimum absolute atomic E-state index is 0.640. The summed E-state index contributed by atoms with van der Waals surface area (Å²) in [5.74, 6) is 2.34. The van der Waals surface area contributed by atoms with Gasteiger partial charge in [0.1, 0.15) is 17.2 Å². The molecule has 4 aromatic carbocycles. The maximum Gasteiger partial charge on any atom is 0.118 e. The van der Waals surface area contributed by atoms with Crippen molar-refractivity contribution in [1.82, 2.24) is 0 Å². The molecule has 32 heavy (non-hydrogen) atoms. The van der Waals surface area contributed by atoms with Crippen molar-refractivity contribution in [3.05, 3.63) is 78.9 Å². The molecule has 0 bridgehead atoms. The van der Waals surface area contributed by atoms with Crippen LogP contribution in [-0.2, 0) is 0 Å². The summed E-state index contributed by atoms with van der Waals surface area (Å²) in [5.41, 5.74) is 20.3. The standard InChI is InChI=1S/C27H26N2O3/c1-30-20-10-4-17(5-11-20)23-16-24(28)25(18-6-12-21(31-2)13-7-18)26(27(23)29)19-8-14-22(32-3)15-9-19/h4-16H,28-29H2,1-3H3. The molecule has 0 aliphatic rings. The first kappa shape index (κ1) is 21.1. The molecule has 0 heterocycles. The van der Waals surface area contributed by atoms with Gasteiger partial charge in [0, 0.05) is 28.1 Å². The number of anilines is 2. The Balaban J connectivity index is 1.96. The Bertz CT molecular complexity index is 1220. The minimum Gasteiger partial charge on any atom is -0.497 e. The second kappa shape index (κ2) is 8.94. The number of hydrogen-bond acceptors (Lipinski definition) is 5.